The lowest BCUT2D eigenvalue weighted by atomic mass is 10.1. The lowest BCUT2D eigenvalue weighted by molar-refractivity contribution is 0.583. The fourth-order valence-corrected chi connectivity index (χ4v) is 2.33. The fourth-order valence-electron chi connectivity index (χ4n) is 1.96. The average molecular weight is 335 g/mol. The second-order valence-electron chi connectivity index (χ2n) is 5.12. The van der Waals surface area contributed by atoms with Crippen molar-refractivity contribution in [2.24, 2.45) is 0 Å². The molecular weight excluding hydrogens is 316 g/mol. The smallest absolute Gasteiger partial charge is 0.161 e. The quantitative estimate of drug-likeness (QED) is 0.930. The van der Waals surface area contributed by atoms with E-state index >= 15 is 0 Å². The summed E-state index contributed by atoms with van der Waals surface area (Å²) in [6, 6.07) is 2.43. The second-order valence-corrected chi connectivity index (χ2v) is 6.04. The molecule has 0 fully saturated rings. The Morgan fingerprint density at radius 1 is 1.15 bits per heavy atom. The zero-order valence-electron chi connectivity index (χ0n) is 12.2. The van der Waals surface area contributed by atoms with Crippen LogP contribution in [0.1, 0.15) is 30.8 Å². The van der Waals surface area contributed by atoms with Crippen molar-refractivity contribution in [1.82, 2.24) is 20.3 Å². The highest BCUT2D eigenvalue weighted by Gasteiger charge is 2.10. The molecule has 4 nitrogen and oxygen atoms in total. The van der Waals surface area contributed by atoms with Gasteiger partial charge < -0.3 is 5.32 Å². The molecule has 106 valence electrons. The molecule has 0 atom stereocenters. The van der Waals surface area contributed by atoms with Gasteiger partial charge in [0, 0.05) is 52.0 Å². The summed E-state index contributed by atoms with van der Waals surface area (Å²) < 4.78 is 0.930. The molecular formula is C15H19BrN4. The number of halogens is 1. The van der Waals surface area contributed by atoms with Gasteiger partial charge in [0.25, 0.3) is 0 Å². The van der Waals surface area contributed by atoms with E-state index in [2.05, 4.69) is 50.0 Å². The number of nitrogens with zero attached hydrogens (tertiary/aromatic N) is 3. The highest BCUT2D eigenvalue weighted by molar-refractivity contribution is 9.10. The Hall–Kier alpha value is -1.33. The van der Waals surface area contributed by atoms with Crippen molar-refractivity contribution < 1.29 is 0 Å². The van der Waals surface area contributed by atoms with Crippen LogP contribution in [0.2, 0.25) is 0 Å². The number of hydrogen-bond acceptors (Lipinski definition) is 4. The van der Waals surface area contributed by atoms with Crippen LogP contribution in [0.25, 0.3) is 11.4 Å². The first kappa shape index (κ1) is 15.1. The highest BCUT2D eigenvalue weighted by atomic mass is 79.9. The molecule has 0 saturated carbocycles. The predicted octanol–water partition coefficient (Wildman–Crippen LogP) is 3.42. The van der Waals surface area contributed by atoms with Crippen LogP contribution in [-0.2, 0) is 6.54 Å². The molecule has 0 bridgehead atoms. The standard InChI is InChI=1S/C15H19BrN4/c1-9(2)18-8-14-10(3)19-15(20-11(14)4)12-5-13(16)7-17-6-12/h5-7,9,18H,8H2,1-4H3. The number of aryl methyl sites for hydroxylation is 2. The molecule has 2 heterocycles. The van der Waals surface area contributed by atoms with E-state index in [1.807, 2.05) is 19.9 Å². The monoisotopic (exact) mass is 334 g/mol. The molecule has 0 aliphatic carbocycles. The molecule has 2 aromatic rings. The summed E-state index contributed by atoms with van der Waals surface area (Å²) in [5.74, 6) is 0.724. The summed E-state index contributed by atoms with van der Waals surface area (Å²) in [4.78, 5) is 13.4. The molecule has 0 aliphatic rings. The SMILES string of the molecule is Cc1nc(-c2cncc(Br)c2)nc(C)c1CNC(C)C. The zero-order valence-corrected chi connectivity index (χ0v) is 13.8. The zero-order chi connectivity index (χ0) is 14.7. The number of pyridine rings is 1. The first-order chi connectivity index (χ1) is 9.47. The third-order valence-electron chi connectivity index (χ3n) is 3.07. The first-order valence-corrected chi connectivity index (χ1v) is 7.45. The summed E-state index contributed by atoms with van der Waals surface area (Å²) in [6.07, 6.45) is 3.54. The number of aromatic nitrogens is 3. The van der Waals surface area contributed by atoms with Crippen molar-refractivity contribution in [3.8, 4) is 11.4 Å². The van der Waals surface area contributed by atoms with Crippen LogP contribution in [0.5, 0.6) is 0 Å². The Morgan fingerprint density at radius 3 is 2.35 bits per heavy atom. The van der Waals surface area contributed by atoms with E-state index in [0.717, 1.165) is 33.8 Å². The van der Waals surface area contributed by atoms with E-state index in [-0.39, 0.29) is 0 Å². The van der Waals surface area contributed by atoms with Crippen LogP contribution in [0.3, 0.4) is 0 Å². The molecule has 2 rings (SSSR count). The summed E-state index contributed by atoms with van der Waals surface area (Å²) in [7, 11) is 0. The Kier molecular flexibility index (Phi) is 4.83. The third-order valence-corrected chi connectivity index (χ3v) is 3.50. The molecule has 0 aliphatic heterocycles. The molecule has 5 heteroatoms. The Morgan fingerprint density at radius 2 is 1.80 bits per heavy atom. The van der Waals surface area contributed by atoms with Gasteiger partial charge in [-0.25, -0.2) is 9.97 Å². The van der Waals surface area contributed by atoms with E-state index in [9.17, 15) is 0 Å². The predicted molar refractivity (Wildman–Crippen MR) is 84.4 cm³/mol. The summed E-state index contributed by atoms with van der Waals surface area (Å²) in [5.41, 5.74) is 4.13. The van der Waals surface area contributed by atoms with Gasteiger partial charge in [0.2, 0.25) is 0 Å². The molecule has 0 unspecified atom stereocenters. The lowest BCUT2D eigenvalue weighted by Gasteiger charge is -2.13. The van der Waals surface area contributed by atoms with E-state index in [0.29, 0.717) is 6.04 Å². The molecule has 20 heavy (non-hydrogen) atoms. The highest BCUT2D eigenvalue weighted by Crippen LogP contribution is 2.21. The van der Waals surface area contributed by atoms with Gasteiger partial charge in [0.1, 0.15) is 0 Å². The van der Waals surface area contributed by atoms with Crippen LogP contribution < -0.4 is 5.32 Å². The van der Waals surface area contributed by atoms with Gasteiger partial charge in [-0.15, -0.1) is 0 Å². The van der Waals surface area contributed by atoms with Crippen LogP contribution in [0.4, 0.5) is 0 Å². The number of hydrogen-bond donors (Lipinski definition) is 1. The molecule has 0 amide bonds. The van der Waals surface area contributed by atoms with Crippen molar-refractivity contribution in [1.29, 1.82) is 0 Å². The van der Waals surface area contributed by atoms with E-state index in [4.69, 9.17) is 0 Å². The third kappa shape index (κ3) is 3.61. The van der Waals surface area contributed by atoms with Crippen molar-refractivity contribution in [3.63, 3.8) is 0 Å². The van der Waals surface area contributed by atoms with Crippen LogP contribution >= 0.6 is 15.9 Å². The van der Waals surface area contributed by atoms with E-state index in [1.165, 1.54) is 5.56 Å². The van der Waals surface area contributed by atoms with Crippen LogP contribution in [0, 0.1) is 13.8 Å². The number of nitrogens with one attached hydrogen (secondary N) is 1. The topological polar surface area (TPSA) is 50.7 Å². The largest absolute Gasteiger partial charge is 0.310 e. The van der Waals surface area contributed by atoms with Crippen molar-refractivity contribution in [3.05, 3.63) is 39.9 Å². The summed E-state index contributed by atoms with van der Waals surface area (Å²) in [6.45, 7) is 9.12. The maximum Gasteiger partial charge on any atom is 0.161 e. The first-order valence-electron chi connectivity index (χ1n) is 6.65. The Balaban J connectivity index is 2.35. The molecule has 2 aromatic heterocycles. The van der Waals surface area contributed by atoms with Gasteiger partial charge in [-0.2, -0.15) is 0 Å². The van der Waals surface area contributed by atoms with Gasteiger partial charge in [-0.3, -0.25) is 4.98 Å². The summed E-state index contributed by atoms with van der Waals surface area (Å²) >= 11 is 3.42. The second kappa shape index (κ2) is 6.41. The molecule has 0 spiro atoms. The molecule has 1 N–H and O–H groups in total. The van der Waals surface area contributed by atoms with Gasteiger partial charge in [-0.1, -0.05) is 13.8 Å². The van der Waals surface area contributed by atoms with E-state index < -0.39 is 0 Å². The van der Waals surface area contributed by atoms with Gasteiger partial charge in [-0.05, 0) is 35.8 Å². The molecule has 0 aromatic carbocycles. The maximum atomic E-state index is 4.61. The minimum atomic E-state index is 0.447. The fraction of sp³-hybridized carbons (Fsp3) is 0.400. The molecule has 0 radical (unpaired) electrons. The minimum Gasteiger partial charge on any atom is -0.310 e. The van der Waals surface area contributed by atoms with Crippen molar-refractivity contribution in [2.45, 2.75) is 40.3 Å². The van der Waals surface area contributed by atoms with Crippen molar-refractivity contribution >= 4 is 15.9 Å². The van der Waals surface area contributed by atoms with Crippen molar-refractivity contribution in [2.75, 3.05) is 0 Å². The van der Waals surface area contributed by atoms with Gasteiger partial charge >= 0.3 is 0 Å². The Bertz CT molecular complexity index is 588. The van der Waals surface area contributed by atoms with Crippen LogP contribution in [-0.4, -0.2) is 21.0 Å². The van der Waals surface area contributed by atoms with Gasteiger partial charge in [0.15, 0.2) is 5.82 Å². The lowest BCUT2D eigenvalue weighted by Crippen LogP contribution is -2.23. The average Bonchev–Trinajstić information content (AvgIpc) is 2.37. The maximum absolute atomic E-state index is 4.61. The van der Waals surface area contributed by atoms with Crippen LogP contribution in [0.15, 0.2) is 22.9 Å². The van der Waals surface area contributed by atoms with Gasteiger partial charge in [0.05, 0.1) is 0 Å². The summed E-state index contributed by atoms with van der Waals surface area (Å²) in [5, 5.41) is 3.41. The molecule has 0 saturated heterocycles. The van der Waals surface area contributed by atoms with E-state index in [1.54, 1.807) is 12.4 Å². The normalized spacial score (nSPS) is 11.1. The number of rotatable bonds is 4. The Labute approximate surface area is 128 Å². The minimum absolute atomic E-state index is 0.447.